The van der Waals surface area contributed by atoms with E-state index in [-0.39, 0.29) is 11.3 Å². The molecule has 0 aliphatic heterocycles. The maximum absolute atomic E-state index is 12.3. The Morgan fingerprint density at radius 3 is 2.36 bits per heavy atom. The van der Waals surface area contributed by atoms with Crippen LogP contribution in [0.3, 0.4) is 0 Å². The fourth-order valence-electron chi connectivity index (χ4n) is 2.33. The number of ether oxygens (including phenoxy) is 1. The summed E-state index contributed by atoms with van der Waals surface area (Å²) in [6.07, 6.45) is -1.05. The highest BCUT2D eigenvalue weighted by atomic mass is 16.6. The standard InChI is InChI=1S/C18H18N2O5/c1-13(17(21)19(2)12-14-8-4-3-5-9-14)25-18(22)15-10-6-7-11-16(15)20(23)24/h3-11,13H,12H2,1-2H3. The van der Waals surface area contributed by atoms with Crippen LogP contribution >= 0.6 is 0 Å². The summed E-state index contributed by atoms with van der Waals surface area (Å²) >= 11 is 0. The summed E-state index contributed by atoms with van der Waals surface area (Å²) < 4.78 is 5.11. The van der Waals surface area contributed by atoms with E-state index in [2.05, 4.69) is 0 Å². The molecule has 0 N–H and O–H groups in total. The molecular formula is C18H18N2O5. The van der Waals surface area contributed by atoms with Gasteiger partial charge in [0.05, 0.1) is 4.92 Å². The zero-order chi connectivity index (χ0) is 18.4. The maximum atomic E-state index is 12.3. The highest BCUT2D eigenvalue weighted by molar-refractivity contribution is 5.95. The summed E-state index contributed by atoms with van der Waals surface area (Å²) in [7, 11) is 1.60. The molecule has 130 valence electrons. The second-order valence-electron chi connectivity index (χ2n) is 5.50. The van der Waals surface area contributed by atoms with Gasteiger partial charge in [0.2, 0.25) is 0 Å². The van der Waals surface area contributed by atoms with E-state index in [1.807, 2.05) is 30.3 Å². The Morgan fingerprint density at radius 2 is 1.72 bits per heavy atom. The van der Waals surface area contributed by atoms with Crippen molar-refractivity contribution in [2.45, 2.75) is 19.6 Å². The molecule has 0 aliphatic carbocycles. The van der Waals surface area contributed by atoms with Crippen molar-refractivity contribution in [1.82, 2.24) is 4.90 Å². The number of carbonyl (C=O) groups is 2. The molecule has 0 saturated carbocycles. The molecular weight excluding hydrogens is 324 g/mol. The van der Waals surface area contributed by atoms with Gasteiger partial charge in [0.1, 0.15) is 5.56 Å². The number of amides is 1. The molecule has 0 spiro atoms. The van der Waals surface area contributed by atoms with Crippen LogP contribution in [0.1, 0.15) is 22.8 Å². The quantitative estimate of drug-likeness (QED) is 0.457. The monoisotopic (exact) mass is 342 g/mol. The maximum Gasteiger partial charge on any atom is 0.345 e. The molecule has 2 aromatic rings. The number of likely N-dealkylation sites (N-methyl/N-ethyl adjacent to an activating group) is 1. The molecule has 0 radical (unpaired) electrons. The molecule has 0 aromatic heterocycles. The minimum absolute atomic E-state index is 0.183. The van der Waals surface area contributed by atoms with Crippen molar-refractivity contribution in [3.05, 3.63) is 75.8 Å². The zero-order valence-electron chi connectivity index (χ0n) is 13.9. The molecule has 1 amide bonds. The van der Waals surface area contributed by atoms with Crippen LogP contribution in [-0.2, 0) is 16.1 Å². The SMILES string of the molecule is CC(OC(=O)c1ccccc1[N+](=O)[O-])C(=O)N(C)Cc1ccccc1. The Morgan fingerprint density at radius 1 is 1.12 bits per heavy atom. The molecule has 0 bridgehead atoms. The van der Waals surface area contributed by atoms with Gasteiger partial charge in [-0.1, -0.05) is 42.5 Å². The van der Waals surface area contributed by atoms with Crippen LogP contribution in [0.4, 0.5) is 5.69 Å². The van der Waals surface area contributed by atoms with Crippen LogP contribution < -0.4 is 0 Å². The van der Waals surface area contributed by atoms with Gasteiger partial charge in [-0.25, -0.2) is 4.79 Å². The lowest BCUT2D eigenvalue weighted by molar-refractivity contribution is -0.385. The average molecular weight is 342 g/mol. The number of rotatable bonds is 6. The molecule has 25 heavy (non-hydrogen) atoms. The summed E-state index contributed by atoms with van der Waals surface area (Å²) in [6.45, 7) is 1.81. The Kier molecular flexibility index (Phi) is 5.84. The van der Waals surface area contributed by atoms with Crippen LogP contribution in [-0.4, -0.2) is 34.9 Å². The van der Waals surface area contributed by atoms with E-state index in [4.69, 9.17) is 4.74 Å². The largest absolute Gasteiger partial charge is 0.449 e. The smallest absolute Gasteiger partial charge is 0.345 e. The van der Waals surface area contributed by atoms with E-state index in [0.717, 1.165) is 5.56 Å². The first-order valence-electron chi connectivity index (χ1n) is 7.63. The molecule has 0 aliphatic rings. The first-order chi connectivity index (χ1) is 11.9. The Bertz CT molecular complexity index is 776. The lowest BCUT2D eigenvalue weighted by Crippen LogP contribution is -2.37. The lowest BCUT2D eigenvalue weighted by Gasteiger charge is -2.21. The molecule has 2 rings (SSSR count). The van der Waals surface area contributed by atoms with Gasteiger partial charge in [-0.2, -0.15) is 0 Å². The summed E-state index contributed by atoms with van der Waals surface area (Å²) in [5, 5.41) is 11.0. The Labute approximate surface area is 145 Å². The number of nitro benzene ring substituents is 1. The third kappa shape index (κ3) is 4.63. The van der Waals surface area contributed by atoms with Gasteiger partial charge in [-0.15, -0.1) is 0 Å². The van der Waals surface area contributed by atoms with Gasteiger partial charge in [0.25, 0.3) is 11.6 Å². The number of nitro groups is 1. The Hall–Kier alpha value is -3.22. The fraction of sp³-hybridized carbons (Fsp3) is 0.222. The minimum Gasteiger partial charge on any atom is -0.449 e. The molecule has 1 atom stereocenters. The van der Waals surface area contributed by atoms with E-state index < -0.39 is 22.9 Å². The van der Waals surface area contributed by atoms with E-state index in [1.165, 1.54) is 36.1 Å². The van der Waals surface area contributed by atoms with Crippen molar-refractivity contribution in [2.75, 3.05) is 7.05 Å². The number of para-hydroxylation sites is 1. The number of benzene rings is 2. The van der Waals surface area contributed by atoms with E-state index in [0.29, 0.717) is 6.54 Å². The van der Waals surface area contributed by atoms with Gasteiger partial charge >= 0.3 is 5.97 Å². The number of nitrogens with zero attached hydrogens (tertiary/aromatic N) is 2. The molecule has 2 aromatic carbocycles. The van der Waals surface area contributed by atoms with Crippen LogP contribution in [0, 0.1) is 10.1 Å². The van der Waals surface area contributed by atoms with Gasteiger partial charge < -0.3 is 9.64 Å². The highest BCUT2D eigenvalue weighted by Gasteiger charge is 2.26. The van der Waals surface area contributed by atoms with Crippen molar-refractivity contribution >= 4 is 17.6 Å². The number of esters is 1. The molecule has 0 fully saturated rings. The van der Waals surface area contributed by atoms with E-state index in [1.54, 1.807) is 7.05 Å². The molecule has 0 heterocycles. The molecule has 7 nitrogen and oxygen atoms in total. The summed E-state index contributed by atoms with van der Waals surface area (Å²) in [4.78, 5) is 36.3. The number of hydrogen-bond acceptors (Lipinski definition) is 5. The summed E-state index contributed by atoms with van der Waals surface area (Å²) in [5.41, 5.74) is 0.401. The van der Waals surface area contributed by atoms with Crippen molar-refractivity contribution in [1.29, 1.82) is 0 Å². The highest BCUT2D eigenvalue weighted by Crippen LogP contribution is 2.19. The normalized spacial score (nSPS) is 11.4. The molecule has 0 saturated heterocycles. The van der Waals surface area contributed by atoms with Crippen molar-refractivity contribution in [3.63, 3.8) is 0 Å². The van der Waals surface area contributed by atoms with Crippen molar-refractivity contribution in [3.8, 4) is 0 Å². The van der Waals surface area contributed by atoms with Gasteiger partial charge in [0.15, 0.2) is 6.10 Å². The molecule has 7 heteroatoms. The Balaban J connectivity index is 2.03. The number of hydrogen-bond donors (Lipinski definition) is 0. The predicted molar refractivity (Wildman–Crippen MR) is 90.9 cm³/mol. The van der Waals surface area contributed by atoms with E-state index in [9.17, 15) is 19.7 Å². The number of carbonyl (C=O) groups excluding carboxylic acids is 2. The van der Waals surface area contributed by atoms with Crippen LogP contribution in [0.25, 0.3) is 0 Å². The molecule has 1 unspecified atom stereocenters. The van der Waals surface area contributed by atoms with Gasteiger partial charge in [-0.05, 0) is 18.6 Å². The first kappa shape index (κ1) is 18.1. The topological polar surface area (TPSA) is 89.7 Å². The second kappa shape index (κ2) is 8.05. The summed E-state index contributed by atoms with van der Waals surface area (Å²) in [6, 6.07) is 14.8. The van der Waals surface area contributed by atoms with E-state index >= 15 is 0 Å². The fourth-order valence-corrected chi connectivity index (χ4v) is 2.33. The van der Waals surface area contributed by atoms with Crippen molar-refractivity contribution < 1.29 is 19.2 Å². The van der Waals surface area contributed by atoms with Crippen LogP contribution in [0.15, 0.2) is 54.6 Å². The van der Waals surface area contributed by atoms with Crippen LogP contribution in [0.5, 0.6) is 0 Å². The first-order valence-corrected chi connectivity index (χ1v) is 7.63. The lowest BCUT2D eigenvalue weighted by atomic mass is 10.2. The van der Waals surface area contributed by atoms with Gasteiger partial charge in [0, 0.05) is 19.7 Å². The van der Waals surface area contributed by atoms with Crippen molar-refractivity contribution in [2.24, 2.45) is 0 Å². The predicted octanol–water partition coefficient (Wildman–Crippen LogP) is 2.80. The average Bonchev–Trinajstić information content (AvgIpc) is 2.61. The third-order valence-corrected chi connectivity index (χ3v) is 3.59. The zero-order valence-corrected chi connectivity index (χ0v) is 13.9. The van der Waals surface area contributed by atoms with Crippen LogP contribution in [0.2, 0.25) is 0 Å². The second-order valence-corrected chi connectivity index (χ2v) is 5.50. The minimum atomic E-state index is -1.05. The third-order valence-electron chi connectivity index (χ3n) is 3.59. The van der Waals surface area contributed by atoms with Gasteiger partial charge in [-0.3, -0.25) is 14.9 Å². The summed E-state index contributed by atoms with van der Waals surface area (Å²) in [5.74, 6) is -1.29.